The van der Waals surface area contributed by atoms with Crippen molar-refractivity contribution in [1.82, 2.24) is 4.57 Å². The topological polar surface area (TPSA) is 68.5 Å². The lowest BCUT2D eigenvalue weighted by Gasteiger charge is -2.06. The van der Waals surface area contributed by atoms with Crippen molar-refractivity contribution in [3.05, 3.63) is 71.6 Å². The molecule has 0 N–H and O–H groups in total. The van der Waals surface area contributed by atoms with Crippen LogP contribution in [0.25, 0.3) is 10.2 Å². The molecule has 0 aliphatic rings. The first kappa shape index (κ1) is 18.3. The summed E-state index contributed by atoms with van der Waals surface area (Å²) in [7, 11) is -3.51. The van der Waals surface area contributed by atoms with Gasteiger partial charge in [-0.05, 0) is 24.3 Å². The number of thiazole rings is 1. The van der Waals surface area contributed by atoms with E-state index in [4.69, 9.17) is 0 Å². The monoisotopic (exact) mass is 386 g/mol. The number of allylic oxidation sites excluding steroid dienone is 1. The fraction of sp³-hybridized carbons (Fsp3) is 0.158. The average Bonchev–Trinajstić information content (AvgIpc) is 2.99. The summed E-state index contributed by atoms with van der Waals surface area (Å²) in [4.78, 5) is 17.5. The smallest absolute Gasteiger partial charge is 0.280 e. The van der Waals surface area contributed by atoms with Gasteiger partial charge in [-0.2, -0.15) is 4.99 Å². The van der Waals surface area contributed by atoms with Crippen LogP contribution in [0.1, 0.15) is 17.3 Å². The van der Waals surface area contributed by atoms with Gasteiger partial charge in [-0.25, -0.2) is 8.42 Å². The van der Waals surface area contributed by atoms with Gasteiger partial charge in [0.2, 0.25) is 0 Å². The number of para-hydroxylation sites is 1. The van der Waals surface area contributed by atoms with Crippen molar-refractivity contribution in [3.8, 4) is 0 Å². The van der Waals surface area contributed by atoms with Crippen LogP contribution in [0.5, 0.6) is 0 Å². The van der Waals surface area contributed by atoms with Crippen LogP contribution in [0.15, 0.2) is 71.1 Å². The van der Waals surface area contributed by atoms with Crippen LogP contribution in [-0.4, -0.2) is 24.6 Å². The summed E-state index contributed by atoms with van der Waals surface area (Å²) in [6, 6.07) is 13.9. The zero-order chi connectivity index (χ0) is 18.7. The lowest BCUT2D eigenvalue weighted by Crippen LogP contribution is -2.17. The molecule has 134 valence electrons. The van der Waals surface area contributed by atoms with E-state index in [0.29, 0.717) is 11.3 Å². The lowest BCUT2D eigenvalue weighted by atomic mass is 10.2. The van der Waals surface area contributed by atoms with Crippen molar-refractivity contribution < 1.29 is 13.2 Å². The number of rotatable bonds is 5. The lowest BCUT2D eigenvalue weighted by molar-refractivity contribution is 0.0994. The minimum Gasteiger partial charge on any atom is -0.312 e. The van der Waals surface area contributed by atoms with Crippen LogP contribution in [0.4, 0.5) is 0 Å². The highest BCUT2D eigenvalue weighted by atomic mass is 32.2. The second-order valence-corrected chi connectivity index (χ2v) is 8.82. The number of amides is 1. The summed E-state index contributed by atoms with van der Waals surface area (Å²) in [5.41, 5.74) is 1.05. The fourth-order valence-corrected chi connectivity index (χ4v) is 4.75. The van der Waals surface area contributed by atoms with Crippen molar-refractivity contribution in [1.29, 1.82) is 0 Å². The maximum atomic E-state index is 12.8. The number of hydrogen-bond acceptors (Lipinski definition) is 4. The second-order valence-electron chi connectivity index (χ2n) is 5.57. The molecule has 0 fully saturated rings. The number of hydrogen-bond donors (Lipinski definition) is 0. The fourth-order valence-electron chi connectivity index (χ4n) is 2.63. The molecular formula is C19H18N2O3S2. The van der Waals surface area contributed by atoms with Crippen LogP contribution in [-0.2, 0) is 16.4 Å². The summed E-state index contributed by atoms with van der Waals surface area (Å²) in [5.74, 6) is -0.640. The highest BCUT2D eigenvalue weighted by molar-refractivity contribution is 7.91. The average molecular weight is 386 g/mol. The Morgan fingerprint density at radius 1 is 1.19 bits per heavy atom. The van der Waals surface area contributed by atoms with Crippen LogP contribution in [0, 0.1) is 0 Å². The van der Waals surface area contributed by atoms with Gasteiger partial charge in [0, 0.05) is 6.54 Å². The first-order chi connectivity index (χ1) is 12.5. The maximum absolute atomic E-state index is 12.8. The van der Waals surface area contributed by atoms with Crippen molar-refractivity contribution >= 4 is 37.3 Å². The SMILES string of the molecule is C=CCn1c(=NC(=O)c2ccccc2S(=O)(=O)CC)sc2ccccc21. The van der Waals surface area contributed by atoms with Crippen molar-refractivity contribution in [2.75, 3.05) is 5.75 Å². The molecule has 1 aromatic heterocycles. The van der Waals surface area contributed by atoms with E-state index in [1.54, 1.807) is 25.1 Å². The van der Waals surface area contributed by atoms with Gasteiger partial charge in [0.1, 0.15) is 0 Å². The van der Waals surface area contributed by atoms with Gasteiger partial charge in [-0.15, -0.1) is 6.58 Å². The Morgan fingerprint density at radius 3 is 2.62 bits per heavy atom. The van der Waals surface area contributed by atoms with E-state index in [2.05, 4.69) is 11.6 Å². The Morgan fingerprint density at radius 2 is 1.88 bits per heavy atom. The largest absolute Gasteiger partial charge is 0.312 e. The van der Waals surface area contributed by atoms with Crippen molar-refractivity contribution in [3.63, 3.8) is 0 Å². The number of fused-ring (bicyclic) bond motifs is 1. The van der Waals surface area contributed by atoms with Crippen LogP contribution in [0.2, 0.25) is 0 Å². The molecule has 0 unspecified atom stereocenters. The van der Waals surface area contributed by atoms with Crippen LogP contribution >= 0.6 is 11.3 Å². The number of aromatic nitrogens is 1. The Balaban J connectivity index is 2.18. The van der Waals surface area contributed by atoms with Gasteiger partial charge < -0.3 is 4.57 Å². The highest BCUT2D eigenvalue weighted by Crippen LogP contribution is 2.19. The van der Waals surface area contributed by atoms with E-state index in [9.17, 15) is 13.2 Å². The molecule has 0 radical (unpaired) electrons. The molecule has 0 saturated carbocycles. The van der Waals surface area contributed by atoms with E-state index >= 15 is 0 Å². The molecule has 3 rings (SSSR count). The number of carbonyl (C=O) groups is 1. The zero-order valence-electron chi connectivity index (χ0n) is 14.3. The van der Waals surface area contributed by atoms with Crippen molar-refractivity contribution in [2.24, 2.45) is 4.99 Å². The molecule has 0 atom stereocenters. The molecule has 3 aromatic rings. The van der Waals surface area contributed by atoms with E-state index in [0.717, 1.165) is 10.2 Å². The second kappa shape index (κ2) is 7.39. The Bertz CT molecular complexity index is 1150. The number of benzene rings is 2. The molecule has 7 heteroatoms. The molecule has 1 heterocycles. The number of nitrogens with zero attached hydrogens (tertiary/aromatic N) is 2. The number of sulfone groups is 1. The van der Waals surface area contributed by atoms with Crippen LogP contribution < -0.4 is 4.80 Å². The van der Waals surface area contributed by atoms with E-state index < -0.39 is 15.7 Å². The summed E-state index contributed by atoms with van der Waals surface area (Å²) in [6.45, 7) is 5.81. The molecule has 0 aliphatic heterocycles. The summed E-state index contributed by atoms with van der Waals surface area (Å²) in [6.07, 6.45) is 1.73. The van der Waals surface area contributed by atoms with E-state index in [1.165, 1.54) is 23.5 Å². The van der Waals surface area contributed by atoms with E-state index in [1.807, 2.05) is 28.8 Å². The highest BCUT2D eigenvalue weighted by Gasteiger charge is 2.20. The summed E-state index contributed by atoms with van der Waals surface area (Å²) < 4.78 is 27.4. The maximum Gasteiger partial charge on any atom is 0.280 e. The predicted molar refractivity (Wildman–Crippen MR) is 104 cm³/mol. The third-order valence-corrected chi connectivity index (χ3v) is 6.78. The first-order valence-corrected chi connectivity index (χ1v) is 10.5. The van der Waals surface area contributed by atoms with Crippen molar-refractivity contribution in [2.45, 2.75) is 18.4 Å². The van der Waals surface area contributed by atoms with Gasteiger partial charge in [-0.1, -0.05) is 48.6 Å². The first-order valence-electron chi connectivity index (χ1n) is 8.08. The minimum atomic E-state index is -3.51. The van der Waals surface area contributed by atoms with Gasteiger partial charge in [0.25, 0.3) is 5.91 Å². The molecule has 5 nitrogen and oxygen atoms in total. The predicted octanol–water partition coefficient (Wildman–Crippen LogP) is 3.42. The summed E-state index contributed by atoms with van der Waals surface area (Å²) in [5, 5.41) is 0. The molecule has 0 aliphatic carbocycles. The molecule has 2 aromatic carbocycles. The molecule has 26 heavy (non-hydrogen) atoms. The Labute approximate surface area is 155 Å². The Kier molecular flexibility index (Phi) is 5.20. The van der Waals surface area contributed by atoms with Gasteiger partial charge in [-0.3, -0.25) is 4.79 Å². The van der Waals surface area contributed by atoms with Gasteiger partial charge in [0.15, 0.2) is 14.6 Å². The van der Waals surface area contributed by atoms with Crippen LogP contribution in [0.3, 0.4) is 0 Å². The molecular weight excluding hydrogens is 368 g/mol. The molecule has 0 bridgehead atoms. The Hall–Kier alpha value is -2.51. The minimum absolute atomic E-state index is 0.0210. The molecule has 0 saturated heterocycles. The van der Waals surface area contributed by atoms with Gasteiger partial charge >= 0.3 is 0 Å². The quantitative estimate of drug-likeness (QED) is 0.631. The van der Waals surface area contributed by atoms with E-state index in [-0.39, 0.29) is 16.2 Å². The third kappa shape index (κ3) is 3.40. The molecule has 0 spiro atoms. The zero-order valence-corrected chi connectivity index (χ0v) is 15.9. The number of carbonyl (C=O) groups excluding carboxylic acids is 1. The standard InChI is InChI=1S/C19H18N2O3S2/c1-3-13-21-15-10-6-7-11-16(15)25-19(21)20-18(22)14-9-5-8-12-17(14)26(23,24)4-2/h3,5-12H,1,4,13H2,2H3. The van der Waals surface area contributed by atoms with Gasteiger partial charge in [0.05, 0.1) is 26.4 Å². The third-order valence-electron chi connectivity index (χ3n) is 3.93. The molecule has 1 amide bonds. The normalized spacial score (nSPS) is 12.4. The summed E-state index contributed by atoms with van der Waals surface area (Å²) >= 11 is 1.38.